The van der Waals surface area contributed by atoms with E-state index in [1.165, 1.54) is 61.0 Å². The first-order valence-electron chi connectivity index (χ1n) is 15.9. The van der Waals surface area contributed by atoms with Crippen molar-refractivity contribution >= 4 is 29.1 Å². The molecule has 1 aliphatic carbocycles. The van der Waals surface area contributed by atoms with Gasteiger partial charge in [0.25, 0.3) is 0 Å². The van der Waals surface area contributed by atoms with Crippen LogP contribution in [0.1, 0.15) is 55.3 Å². The maximum absolute atomic E-state index is 16.0. The second kappa shape index (κ2) is 13.0. The molecule has 2 aromatic heterocycles. The molecule has 6 nitrogen and oxygen atoms in total. The van der Waals surface area contributed by atoms with Gasteiger partial charge in [-0.25, -0.2) is 18.1 Å². The molecular weight excluding hydrogens is 633 g/mol. The van der Waals surface area contributed by atoms with Crippen LogP contribution in [0.15, 0.2) is 60.4 Å². The van der Waals surface area contributed by atoms with E-state index in [0.717, 1.165) is 63.0 Å². The summed E-state index contributed by atoms with van der Waals surface area (Å²) in [5.74, 6) is -1.71. The molecule has 3 fully saturated rings. The van der Waals surface area contributed by atoms with E-state index in [-0.39, 0.29) is 28.1 Å². The maximum Gasteiger partial charge on any atom is 0.422 e. The van der Waals surface area contributed by atoms with Gasteiger partial charge in [-0.1, -0.05) is 12.1 Å². The summed E-state index contributed by atoms with van der Waals surface area (Å²) in [5.41, 5.74) is -0.412. The Morgan fingerprint density at radius 3 is 2.53 bits per heavy atom. The molecule has 0 atom stereocenters. The number of para-hydroxylation sites is 1. The molecule has 2 saturated heterocycles. The Morgan fingerprint density at radius 1 is 1.00 bits per heavy atom. The third-order valence-corrected chi connectivity index (χ3v) is 10.1. The van der Waals surface area contributed by atoms with Gasteiger partial charge in [-0.15, -0.1) is 0 Å². The Labute approximate surface area is 274 Å². The molecule has 2 aromatic carbocycles. The highest BCUT2D eigenvalue weighted by Crippen LogP contribution is 2.50. The van der Waals surface area contributed by atoms with Gasteiger partial charge >= 0.3 is 6.18 Å². The summed E-state index contributed by atoms with van der Waals surface area (Å²) in [5, 5.41) is 1.75. The predicted octanol–water partition coefficient (Wildman–Crippen LogP) is 9.11. The molecular formula is C35H34F5N5OS. The standard InChI is InChI=1S/C35H34F5N5OS/c36-26-4-1-2-5-30(26)46-31-9-8-24(16-27(37)29-19-41-18-28(43-29)25-17-42-47-21-25)33(32(31)35(38,39)40)45-13-3-10-34(22-45)11-14-44(15-12-34)20-23-6-7-23/h1-2,4-5,8-9,16-19,21,23H,3,6-7,10-15,20,22H2/b27-16-. The average Bonchev–Trinajstić information content (AvgIpc) is 3.70. The van der Waals surface area contributed by atoms with Crippen molar-refractivity contribution in [3.8, 4) is 22.8 Å². The number of hydrogen-bond donors (Lipinski definition) is 0. The Bertz CT molecular complexity index is 1750. The molecule has 3 aliphatic rings. The van der Waals surface area contributed by atoms with Crippen molar-refractivity contribution < 1.29 is 26.7 Å². The number of hydrogen-bond acceptors (Lipinski definition) is 7. The number of ether oxygens (including phenoxy) is 1. The minimum absolute atomic E-state index is 0.0309. The minimum atomic E-state index is -4.89. The summed E-state index contributed by atoms with van der Waals surface area (Å²) in [6.07, 6.45) is 6.45. The lowest BCUT2D eigenvalue weighted by Gasteiger charge is -2.49. The fourth-order valence-electron chi connectivity index (χ4n) is 6.90. The summed E-state index contributed by atoms with van der Waals surface area (Å²) in [6.45, 7) is 3.70. The molecule has 1 saturated carbocycles. The highest BCUT2D eigenvalue weighted by atomic mass is 32.1. The molecule has 0 radical (unpaired) electrons. The topological polar surface area (TPSA) is 54.4 Å². The lowest BCUT2D eigenvalue weighted by molar-refractivity contribution is -0.138. The van der Waals surface area contributed by atoms with Crippen LogP contribution in [0.25, 0.3) is 23.2 Å². The van der Waals surface area contributed by atoms with Gasteiger partial charge in [-0.2, -0.15) is 13.2 Å². The second-order valence-electron chi connectivity index (χ2n) is 12.9. The first kappa shape index (κ1) is 31.7. The molecule has 2 aliphatic heterocycles. The van der Waals surface area contributed by atoms with Crippen LogP contribution in [0, 0.1) is 17.2 Å². The summed E-state index contributed by atoms with van der Waals surface area (Å²) >= 11 is 1.21. The predicted molar refractivity (Wildman–Crippen MR) is 172 cm³/mol. The molecule has 7 rings (SSSR count). The van der Waals surface area contributed by atoms with Crippen LogP contribution >= 0.6 is 11.5 Å². The van der Waals surface area contributed by atoms with Crippen molar-refractivity contribution in [2.45, 2.75) is 44.7 Å². The zero-order chi connectivity index (χ0) is 32.6. The van der Waals surface area contributed by atoms with Gasteiger partial charge in [0.2, 0.25) is 0 Å². The Balaban J connectivity index is 1.29. The first-order valence-corrected chi connectivity index (χ1v) is 16.7. The van der Waals surface area contributed by atoms with Gasteiger partial charge in [0, 0.05) is 36.1 Å². The van der Waals surface area contributed by atoms with Crippen molar-refractivity contribution in [2.24, 2.45) is 11.3 Å². The quantitative estimate of drug-likeness (QED) is 0.175. The van der Waals surface area contributed by atoms with E-state index >= 15 is 17.6 Å². The normalized spacial score (nSPS) is 18.9. The van der Waals surface area contributed by atoms with Crippen molar-refractivity contribution in [3.63, 3.8) is 0 Å². The number of piperidine rings is 2. The Morgan fingerprint density at radius 2 is 1.81 bits per heavy atom. The zero-order valence-electron chi connectivity index (χ0n) is 25.6. The van der Waals surface area contributed by atoms with E-state index in [1.54, 1.807) is 16.5 Å². The fraction of sp³-hybridized carbons (Fsp3) is 0.400. The second-order valence-corrected chi connectivity index (χ2v) is 13.5. The minimum Gasteiger partial charge on any atom is -0.454 e. The maximum atomic E-state index is 16.0. The molecule has 246 valence electrons. The first-order chi connectivity index (χ1) is 22.7. The number of alkyl halides is 3. The summed E-state index contributed by atoms with van der Waals surface area (Å²) < 4.78 is 85.8. The SMILES string of the molecule is F/C(=C\c1ccc(Oc2ccccc2F)c(C(F)(F)F)c1N1CCCC2(CCN(CC3CC3)CC2)C1)c1cncc(-c2cnsc2)n1. The smallest absolute Gasteiger partial charge is 0.422 e. The van der Waals surface area contributed by atoms with Crippen LogP contribution in [0.5, 0.6) is 11.5 Å². The highest BCUT2D eigenvalue weighted by Gasteiger charge is 2.44. The Kier molecular flexibility index (Phi) is 8.73. The number of halogens is 5. The molecule has 0 unspecified atom stereocenters. The number of nitrogens with zero attached hydrogens (tertiary/aromatic N) is 5. The van der Waals surface area contributed by atoms with Crippen molar-refractivity contribution in [2.75, 3.05) is 37.6 Å². The lowest BCUT2D eigenvalue weighted by Crippen LogP contribution is -2.50. The van der Waals surface area contributed by atoms with Gasteiger partial charge in [0.1, 0.15) is 17.0 Å². The number of likely N-dealkylation sites (tertiary alicyclic amines) is 1. The third-order valence-electron chi connectivity index (χ3n) is 9.51. The van der Waals surface area contributed by atoms with Crippen LogP contribution in [-0.2, 0) is 6.18 Å². The van der Waals surface area contributed by atoms with Gasteiger partial charge in [-0.3, -0.25) is 4.98 Å². The van der Waals surface area contributed by atoms with E-state index < -0.39 is 29.1 Å². The molecule has 0 N–H and O–H groups in total. The third kappa shape index (κ3) is 7.03. The van der Waals surface area contributed by atoms with E-state index in [0.29, 0.717) is 30.8 Å². The van der Waals surface area contributed by atoms with Crippen molar-refractivity contribution in [3.05, 3.63) is 83.0 Å². The molecule has 0 amide bonds. The van der Waals surface area contributed by atoms with E-state index in [2.05, 4.69) is 19.2 Å². The van der Waals surface area contributed by atoms with Crippen LogP contribution in [-0.4, -0.2) is 52.0 Å². The van der Waals surface area contributed by atoms with E-state index in [1.807, 2.05) is 0 Å². The number of anilines is 1. The number of benzene rings is 2. The highest BCUT2D eigenvalue weighted by molar-refractivity contribution is 7.03. The Hall–Kier alpha value is -3.90. The van der Waals surface area contributed by atoms with Crippen LogP contribution in [0.2, 0.25) is 0 Å². The summed E-state index contributed by atoms with van der Waals surface area (Å²) in [7, 11) is 0. The lowest BCUT2D eigenvalue weighted by atomic mass is 9.72. The molecule has 47 heavy (non-hydrogen) atoms. The molecule has 4 heterocycles. The number of aromatic nitrogens is 3. The summed E-state index contributed by atoms with van der Waals surface area (Å²) in [4.78, 5) is 12.7. The average molecular weight is 668 g/mol. The summed E-state index contributed by atoms with van der Waals surface area (Å²) in [6, 6.07) is 7.87. The molecule has 0 bridgehead atoms. The number of rotatable bonds is 8. The van der Waals surface area contributed by atoms with Gasteiger partial charge in [-0.05, 0) is 105 Å². The van der Waals surface area contributed by atoms with Gasteiger partial charge < -0.3 is 14.5 Å². The fourth-order valence-corrected chi connectivity index (χ4v) is 7.43. The van der Waals surface area contributed by atoms with Crippen molar-refractivity contribution in [1.82, 2.24) is 19.2 Å². The van der Waals surface area contributed by atoms with E-state index in [9.17, 15) is 4.39 Å². The van der Waals surface area contributed by atoms with Crippen molar-refractivity contribution in [1.29, 1.82) is 0 Å². The molecule has 12 heteroatoms. The molecule has 1 spiro atoms. The molecule has 4 aromatic rings. The monoisotopic (exact) mass is 667 g/mol. The van der Waals surface area contributed by atoms with Crippen LogP contribution in [0.4, 0.5) is 27.6 Å². The van der Waals surface area contributed by atoms with Crippen LogP contribution < -0.4 is 9.64 Å². The van der Waals surface area contributed by atoms with Crippen LogP contribution in [0.3, 0.4) is 0 Å². The largest absolute Gasteiger partial charge is 0.454 e. The van der Waals surface area contributed by atoms with E-state index in [4.69, 9.17) is 4.74 Å². The zero-order valence-corrected chi connectivity index (χ0v) is 26.5. The van der Waals surface area contributed by atoms with Gasteiger partial charge in [0.15, 0.2) is 17.4 Å². The van der Waals surface area contributed by atoms with Gasteiger partial charge in [0.05, 0.1) is 30.0 Å².